The monoisotopic (exact) mass is 294 g/mol. The number of β-amino-alcohol motifs (C(OH)–C–C–N with tert-alkyl or cyclic N) is 1. The number of benzene rings is 1. The minimum atomic E-state index is -0.456. The van der Waals surface area contributed by atoms with E-state index in [1.165, 1.54) is 0 Å². The van der Waals surface area contributed by atoms with Gasteiger partial charge in [-0.25, -0.2) is 0 Å². The van der Waals surface area contributed by atoms with E-state index in [1.807, 2.05) is 25.1 Å². The van der Waals surface area contributed by atoms with Crippen molar-refractivity contribution >= 4 is 5.91 Å². The van der Waals surface area contributed by atoms with E-state index in [0.717, 1.165) is 5.56 Å². The summed E-state index contributed by atoms with van der Waals surface area (Å²) in [5.74, 6) is 1.29. The molecular formula is C15H22N2O4. The summed E-state index contributed by atoms with van der Waals surface area (Å²) in [5, 5.41) is 15.4. The molecule has 0 spiro atoms. The zero-order valence-electron chi connectivity index (χ0n) is 12.6. The Bertz CT molecular complexity index is 506. The molecule has 1 saturated heterocycles. The topological polar surface area (TPSA) is 79.8 Å². The number of hydrogen-bond acceptors (Lipinski definition) is 5. The van der Waals surface area contributed by atoms with Crippen LogP contribution >= 0.6 is 0 Å². The number of methoxy groups -OCH3 is 2. The fourth-order valence-corrected chi connectivity index (χ4v) is 2.49. The van der Waals surface area contributed by atoms with Crippen LogP contribution in [0.15, 0.2) is 18.2 Å². The maximum Gasteiger partial charge on any atom is 0.237 e. The number of carbonyl (C=O) groups excluding carboxylic acids is 1. The number of aliphatic hydroxyl groups is 1. The van der Waals surface area contributed by atoms with Gasteiger partial charge in [0, 0.05) is 12.1 Å². The van der Waals surface area contributed by atoms with Gasteiger partial charge in [0.25, 0.3) is 0 Å². The second-order valence-corrected chi connectivity index (χ2v) is 5.19. The first-order chi connectivity index (χ1) is 10.0. The fourth-order valence-electron chi connectivity index (χ4n) is 2.49. The van der Waals surface area contributed by atoms with Gasteiger partial charge >= 0.3 is 0 Å². The van der Waals surface area contributed by atoms with Gasteiger partial charge in [-0.05, 0) is 31.5 Å². The van der Waals surface area contributed by atoms with Crippen molar-refractivity contribution in [2.24, 2.45) is 0 Å². The molecule has 1 fully saturated rings. The molecule has 1 amide bonds. The third-order valence-corrected chi connectivity index (χ3v) is 3.69. The predicted octanol–water partition coefficient (Wildman–Crippen LogP) is 0.604. The average Bonchev–Trinajstić information content (AvgIpc) is 2.93. The normalized spacial score (nSPS) is 22.7. The molecule has 3 N–H and O–H groups in total. The van der Waals surface area contributed by atoms with Crippen molar-refractivity contribution in [2.75, 3.05) is 20.8 Å². The van der Waals surface area contributed by atoms with Gasteiger partial charge in [-0.1, -0.05) is 0 Å². The molecule has 6 nitrogen and oxygen atoms in total. The van der Waals surface area contributed by atoms with E-state index in [4.69, 9.17) is 9.47 Å². The number of hydrogen-bond donors (Lipinski definition) is 3. The van der Waals surface area contributed by atoms with Crippen molar-refractivity contribution in [1.29, 1.82) is 0 Å². The summed E-state index contributed by atoms with van der Waals surface area (Å²) in [6.45, 7) is 2.34. The van der Waals surface area contributed by atoms with Crippen molar-refractivity contribution in [3.05, 3.63) is 23.8 Å². The van der Waals surface area contributed by atoms with Crippen LogP contribution in [0.3, 0.4) is 0 Å². The van der Waals surface area contributed by atoms with Gasteiger partial charge in [-0.15, -0.1) is 0 Å². The highest BCUT2D eigenvalue weighted by molar-refractivity contribution is 5.82. The molecule has 3 atom stereocenters. The molecule has 6 heteroatoms. The highest BCUT2D eigenvalue weighted by Gasteiger charge is 2.29. The minimum absolute atomic E-state index is 0.121. The molecule has 0 radical (unpaired) electrons. The second-order valence-electron chi connectivity index (χ2n) is 5.19. The van der Waals surface area contributed by atoms with E-state index in [0.29, 0.717) is 24.5 Å². The van der Waals surface area contributed by atoms with E-state index in [9.17, 15) is 9.90 Å². The van der Waals surface area contributed by atoms with E-state index in [1.54, 1.807) is 14.2 Å². The number of nitrogens with one attached hydrogen (secondary N) is 2. The van der Waals surface area contributed by atoms with Crippen molar-refractivity contribution in [1.82, 2.24) is 10.6 Å². The van der Waals surface area contributed by atoms with Crippen LogP contribution in [-0.4, -0.2) is 43.9 Å². The quantitative estimate of drug-likeness (QED) is 0.741. The largest absolute Gasteiger partial charge is 0.497 e. The van der Waals surface area contributed by atoms with Crippen LogP contribution in [0.25, 0.3) is 0 Å². The highest BCUT2D eigenvalue weighted by Crippen LogP contribution is 2.29. The molecule has 1 aromatic rings. The smallest absolute Gasteiger partial charge is 0.237 e. The Balaban J connectivity index is 2.08. The van der Waals surface area contributed by atoms with E-state index < -0.39 is 6.10 Å². The molecule has 3 unspecified atom stereocenters. The molecule has 116 valence electrons. The zero-order chi connectivity index (χ0) is 15.4. The summed E-state index contributed by atoms with van der Waals surface area (Å²) >= 11 is 0. The van der Waals surface area contributed by atoms with Crippen molar-refractivity contribution in [3.63, 3.8) is 0 Å². The van der Waals surface area contributed by atoms with Crippen LogP contribution in [-0.2, 0) is 4.79 Å². The van der Waals surface area contributed by atoms with Crippen molar-refractivity contribution in [3.8, 4) is 11.5 Å². The second kappa shape index (κ2) is 6.78. The molecule has 0 bridgehead atoms. The van der Waals surface area contributed by atoms with Gasteiger partial charge in [0.15, 0.2) is 0 Å². The van der Waals surface area contributed by atoms with Gasteiger partial charge in [0.1, 0.15) is 11.5 Å². The Morgan fingerprint density at radius 3 is 2.76 bits per heavy atom. The number of ether oxygens (including phenoxy) is 2. The minimum Gasteiger partial charge on any atom is -0.497 e. The van der Waals surface area contributed by atoms with Crippen LogP contribution < -0.4 is 20.1 Å². The lowest BCUT2D eigenvalue weighted by Crippen LogP contribution is -2.41. The summed E-state index contributed by atoms with van der Waals surface area (Å²) in [6, 6.07) is 4.90. The standard InChI is InChI=1S/C15H22N2O4/c1-9(17-15(19)13-6-10(18)8-16-13)12-7-11(20-2)4-5-14(12)21-3/h4-5,7,9-10,13,16,18H,6,8H2,1-3H3,(H,17,19). The molecule has 0 aromatic heterocycles. The Morgan fingerprint density at radius 2 is 2.19 bits per heavy atom. The molecular weight excluding hydrogens is 272 g/mol. The van der Waals surface area contributed by atoms with Crippen LogP contribution in [0.4, 0.5) is 0 Å². The Labute approximate surface area is 124 Å². The number of aliphatic hydroxyl groups excluding tert-OH is 1. The van der Waals surface area contributed by atoms with E-state index >= 15 is 0 Å². The summed E-state index contributed by atoms with van der Waals surface area (Å²) in [4.78, 5) is 12.2. The molecule has 0 aliphatic carbocycles. The first-order valence-corrected chi connectivity index (χ1v) is 6.99. The maximum atomic E-state index is 12.2. The van der Waals surface area contributed by atoms with E-state index in [-0.39, 0.29) is 18.0 Å². The molecule has 1 aliphatic rings. The SMILES string of the molecule is COc1ccc(OC)c(C(C)NC(=O)C2CC(O)CN2)c1. The summed E-state index contributed by atoms with van der Waals surface area (Å²) < 4.78 is 10.5. The molecule has 0 saturated carbocycles. The number of carbonyl (C=O) groups is 1. The molecule has 1 aromatic carbocycles. The average molecular weight is 294 g/mol. The predicted molar refractivity (Wildman–Crippen MR) is 78.5 cm³/mol. The lowest BCUT2D eigenvalue weighted by molar-refractivity contribution is -0.123. The Kier molecular flexibility index (Phi) is 5.03. The van der Waals surface area contributed by atoms with Crippen LogP contribution in [0, 0.1) is 0 Å². The lowest BCUT2D eigenvalue weighted by atomic mass is 10.1. The molecule has 2 rings (SSSR count). The molecule has 1 aliphatic heterocycles. The molecule has 1 heterocycles. The fraction of sp³-hybridized carbons (Fsp3) is 0.533. The first-order valence-electron chi connectivity index (χ1n) is 6.99. The Hall–Kier alpha value is -1.79. The summed E-state index contributed by atoms with van der Waals surface area (Å²) in [6.07, 6.45) is -0.0178. The van der Waals surface area contributed by atoms with Gasteiger partial charge in [-0.3, -0.25) is 4.79 Å². The lowest BCUT2D eigenvalue weighted by Gasteiger charge is -2.20. The molecule has 21 heavy (non-hydrogen) atoms. The zero-order valence-corrected chi connectivity index (χ0v) is 12.6. The number of rotatable bonds is 5. The third kappa shape index (κ3) is 3.65. The van der Waals surface area contributed by atoms with Crippen molar-refractivity contribution in [2.45, 2.75) is 31.5 Å². The number of amides is 1. The van der Waals surface area contributed by atoms with E-state index in [2.05, 4.69) is 10.6 Å². The van der Waals surface area contributed by atoms with Crippen LogP contribution in [0.2, 0.25) is 0 Å². The third-order valence-electron chi connectivity index (χ3n) is 3.69. The van der Waals surface area contributed by atoms with Gasteiger partial charge < -0.3 is 25.2 Å². The summed E-state index contributed by atoms with van der Waals surface area (Å²) in [5.41, 5.74) is 0.851. The van der Waals surface area contributed by atoms with Gasteiger partial charge in [0.2, 0.25) is 5.91 Å². The summed E-state index contributed by atoms with van der Waals surface area (Å²) in [7, 11) is 3.19. The van der Waals surface area contributed by atoms with Gasteiger partial charge in [-0.2, -0.15) is 0 Å². The van der Waals surface area contributed by atoms with Crippen molar-refractivity contribution < 1.29 is 19.4 Å². The van der Waals surface area contributed by atoms with Crippen LogP contribution in [0.5, 0.6) is 11.5 Å². The Morgan fingerprint density at radius 1 is 1.43 bits per heavy atom. The highest BCUT2D eigenvalue weighted by atomic mass is 16.5. The first kappa shape index (κ1) is 15.6. The maximum absolute atomic E-state index is 12.2. The van der Waals surface area contributed by atoms with Gasteiger partial charge in [0.05, 0.1) is 32.4 Å². The van der Waals surface area contributed by atoms with Crippen LogP contribution in [0.1, 0.15) is 24.9 Å².